The molecule has 0 radical (unpaired) electrons. The summed E-state index contributed by atoms with van der Waals surface area (Å²) in [5, 5.41) is 7.01. The van der Waals surface area contributed by atoms with Gasteiger partial charge in [-0.1, -0.05) is 19.3 Å². The number of carbonyl (C=O) groups is 1. The minimum absolute atomic E-state index is 0.127. The third kappa shape index (κ3) is 2.72. The van der Waals surface area contributed by atoms with Gasteiger partial charge in [0.25, 0.3) is 5.91 Å². The summed E-state index contributed by atoms with van der Waals surface area (Å²) < 4.78 is 0. The van der Waals surface area contributed by atoms with Gasteiger partial charge in [0.1, 0.15) is 10.7 Å². The molecule has 0 aromatic carbocycles. The molecule has 2 aromatic heterocycles. The SMILES string of the molecule is O=C(c1csc(-c2ccsc2)n1)N1CC[C@@H]2CCCC[C@H]2C1. The van der Waals surface area contributed by atoms with E-state index in [2.05, 4.69) is 16.4 Å². The van der Waals surface area contributed by atoms with E-state index in [1.807, 2.05) is 15.7 Å². The highest BCUT2D eigenvalue weighted by molar-refractivity contribution is 7.14. The summed E-state index contributed by atoms with van der Waals surface area (Å²) in [5.74, 6) is 1.71. The van der Waals surface area contributed by atoms with E-state index in [1.165, 1.54) is 32.1 Å². The average molecular weight is 332 g/mol. The van der Waals surface area contributed by atoms with Crippen molar-refractivity contribution in [2.45, 2.75) is 32.1 Å². The molecule has 116 valence electrons. The van der Waals surface area contributed by atoms with Crippen LogP contribution in [-0.4, -0.2) is 28.9 Å². The molecule has 2 aromatic rings. The number of likely N-dealkylation sites (tertiary alicyclic amines) is 1. The van der Waals surface area contributed by atoms with Crippen molar-refractivity contribution in [3.63, 3.8) is 0 Å². The van der Waals surface area contributed by atoms with Gasteiger partial charge >= 0.3 is 0 Å². The summed E-state index contributed by atoms with van der Waals surface area (Å²) in [6.45, 7) is 1.85. The minimum atomic E-state index is 0.127. The smallest absolute Gasteiger partial charge is 0.273 e. The number of amides is 1. The summed E-state index contributed by atoms with van der Waals surface area (Å²) in [7, 11) is 0. The zero-order chi connectivity index (χ0) is 14.9. The Morgan fingerprint density at radius 1 is 1.18 bits per heavy atom. The van der Waals surface area contributed by atoms with E-state index >= 15 is 0 Å². The molecule has 1 saturated carbocycles. The van der Waals surface area contributed by atoms with Gasteiger partial charge in [-0.3, -0.25) is 4.79 Å². The topological polar surface area (TPSA) is 33.2 Å². The zero-order valence-electron chi connectivity index (χ0n) is 12.5. The minimum Gasteiger partial charge on any atom is -0.337 e. The summed E-state index contributed by atoms with van der Waals surface area (Å²) in [6, 6.07) is 2.06. The molecular weight excluding hydrogens is 312 g/mol. The normalized spacial score (nSPS) is 25.0. The number of piperidine rings is 1. The predicted octanol–water partition coefficient (Wildman–Crippen LogP) is 4.52. The van der Waals surface area contributed by atoms with Gasteiger partial charge in [-0.2, -0.15) is 11.3 Å². The van der Waals surface area contributed by atoms with E-state index in [-0.39, 0.29) is 5.91 Å². The zero-order valence-corrected chi connectivity index (χ0v) is 14.2. The Kier molecular flexibility index (Phi) is 4.01. The van der Waals surface area contributed by atoms with Crippen molar-refractivity contribution < 1.29 is 4.79 Å². The summed E-state index contributed by atoms with van der Waals surface area (Å²) in [4.78, 5) is 19.3. The molecule has 0 bridgehead atoms. The van der Waals surface area contributed by atoms with E-state index < -0.39 is 0 Å². The van der Waals surface area contributed by atoms with E-state index in [4.69, 9.17) is 0 Å². The quantitative estimate of drug-likeness (QED) is 0.810. The average Bonchev–Trinajstić information content (AvgIpc) is 3.24. The van der Waals surface area contributed by atoms with Crippen LogP contribution in [0.15, 0.2) is 22.2 Å². The predicted molar refractivity (Wildman–Crippen MR) is 91.4 cm³/mol. The highest BCUT2D eigenvalue weighted by Gasteiger charge is 2.33. The number of hydrogen-bond acceptors (Lipinski definition) is 4. The van der Waals surface area contributed by atoms with Crippen LogP contribution in [0.4, 0.5) is 0 Å². The third-order valence-electron chi connectivity index (χ3n) is 5.07. The van der Waals surface area contributed by atoms with Crippen LogP contribution in [0.3, 0.4) is 0 Å². The molecule has 2 atom stereocenters. The van der Waals surface area contributed by atoms with Crippen molar-refractivity contribution in [3.05, 3.63) is 27.9 Å². The lowest BCUT2D eigenvalue weighted by Crippen LogP contribution is -2.44. The molecule has 1 aliphatic carbocycles. The van der Waals surface area contributed by atoms with Crippen molar-refractivity contribution in [2.75, 3.05) is 13.1 Å². The second kappa shape index (κ2) is 6.13. The van der Waals surface area contributed by atoms with E-state index in [9.17, 15) is 4.79 Å². The van der Waals surface area contributed by atoms with E-state index in [0.717, 1.165) is 35.5 Å². The lowest BCUT2D eigenvalue weighted by molar-refractivity contribution is 0.0516. The molecule has 3 nitrogen and oxygen atoms in total. The lowest BCUT2D eigenvalue weighted by Gasteiger charge is -2.41. The maximum atomic E-state index is 12.7. The number of thiophene rings is 1. The summed E-state index contributed by atoms with van der Waals surface area (Å²) in [6.07, 6.45) is 6.56. The fraction of sp³-hybridized carbons (Fsp3) is 0.529. The van der Waals surface area contributed by atoms with Crippen LogP contribution in [0.25, 0.3) is 10.6 Å². The van der Waals surface area contributed by atoms with Crippen LogP contribution < -0.4 is 0 Å². The molecule has 3 heterocycles. The molecular formula is C17H20N2OS2. The van der Waals surface area contributed by atoms with Gasteiger partial charge in [0.15, 0.2) is 0 Å². The fourth-order valence-corrected chi connectivity index (χ4v) is 5.34. The van der Waals surface area contributed by atoms with Gasteiger partial charge in [0, 0.05) is 29.4 Å². The first-order valence-corrected chi connectivity index (χ1v) is 9.91. The Morgan fingerprint density at radius 2 is 2.05 bits per heavy atom. The molecule has 1 saturated heterocycles. The first-order chi connectivity index (χ1) is 10.8. The Labute approximate surface area is 139 Å². The van der Waals surface area contributed by atoms with Crippen molar-refractivity contribution in [1.82, 2.24) is 9.88 Å². The Morgan fingerprint density at radius 3 is 2.86 bits per heavy atom. The van der Waals surface area contributed by atoms with Crippen LogP contribution in [0, 0.1) is 11.8 Å². The van der Waals surface area contributed by atoms with Gasteiger partial charge < -0.3 is 4.90 Å². The van der Waals surface area contributed by atoms with Gasteiger partial charge in [-0.15, -0.1) is 11.3 Å². The molecule has 5 heteroatoms. The monoisotopic (exact) mass is 332 g/mol. The number of nitrogens with zero attached hydrogens (tertiary/aromatic N) is 2. The molecule has 2 fully saturated rings. The summed E-state index contributed by atoms with van der Waals surface area (Å²) >= 11 is 3.23. The van der Waals surface area contributed by atoms with Crippen LogP contribution >= 0.6 is 22.7 Å². The third-order valence-corrected chi connectivity index (χ3v) is 6.64. The Hall–Kier alpha value is -1.20. The molecule has 1 aliphatic heterocycles. The highest BCUT2D eigenvalue weighted by atomic mass is 32.1. The van der Waals surface area contributed by atoms with Crippen LogP contribution in [-0.2, 0) is 0 Å². The molecule has 0 unspecified atom stereocenters. The van der Waals surface area contributed by atoms with Crippen molar-refractivity contribution in [3.8, 4) is 10.6 Å². The van der Waals surface area contributed by atoms with Crippen LogP contribution in [0.2, 0.25) is 0 Å². The maximum absolute atomic E-state index is 12.7. The molecule has 0 spiro atoms. The Balaban J connectivity index is 1.48. The van der Waals surface area contributed by atoms with Crippen molar-refractivity contribution >= 4 is 28.6 Å². The summed E-state index contributed by atoms with van der Waals surface area (Å²) in [5.41, 5.74) is 1.75. The number of fused-ring (bicyclic) bond motifs is 1. The molecule has 22 heavy (non-hydrogen) atoms. The van der Waals surface area contributed by atoms with Crippen molar-refractivity contribution in [1.29, 1.82) is 0 Å². The van der Waals surface area contributed by atoms with Gasteiger partial charge in [-0.25, -0.2) is 4.98 Å². The first-order valence-electron chi connectivity index (χ1n) is 8.08. The number of aromatic nitrogens is 1. The lowest BCUT2D eigenvalue weighted by atomic mass is 9.75. The second-order valence-electron chi connectivity index (χ2n) is 6.39. The first kappa shape index (κ1) is 14.4. The molecule has 4 rings (SSSR count). The van der Waals surface area contributed by atoms with Gasteiger partial charge in [-0.05, 0) is 36.1 Å². The number of carbonyl (C=O) groups excluding carboxylic acids is 1. The molecule has 2 aliphatic rings. The van der Waals surface area contributed by atoms with Crippen molar-refractivity contribution in [2.24, 2.45) is 11.8 Å². The molecule has 0 N–H and O–H groups in total. The number of hydrogen-bond donors (Lipinski definition) is 0. The van der Waals surface area contributed by atoms with Gasteiger partial charge in [0.05, 0.1) is 0 Å². The van der Waals surface area contributed by atoms with E-state index in [0.29, 0.717) is 5.69 Å². The number of thiazole rings is 1. The van der Waals surface area contributed by atoms with Crippen LogP contribution in [0.1, 0.15) is 42.6 Å². The maximum Gasteiger partial charge on any atom is 0.273 e. The fourth-order valence-electron chi connectivity index (χ4n) is 3.84. The largest absolute Gasteiger partial charge is 0.337 e. The van der Waals surface area contributed by atoms with Crippen LogP contribution in [0.5, 0.6) is 0 Å². The Bertz CT molecular complexity index is 649. The van der Waals surface area contributed by atoms with Gasteiger partial charge in [0.2, 0.25) is 0 Å². The standard InChI is InChI=1S/C17H20N2OS2/c20-17(15-11-22-16(18-15)14-6-8-21-10-14)19-7-5-12-3-1-2-4-13(12)9-19/h6,8,10-13H,1-5,7,9H2/t12-,13-/m0/s1. The number of rotatable bonds is 2. The second-order valence-corrected chi connectivity index (χ2v) is 8.03. The molecule has 1 amide bonds. The van der Waals surface area contributed by atoms with E-state index in [1.54, 1.807) is 22.7 Å². The highest BCUT2D eigenvalue weighted by Crippen LogP contribution is 2.36.